The predicted octanol–water partition coefficient (Wildman–Crippen LogP) is 4.27. The Labute approximate surface area is 162 Å². The van der Waals surface area contributed by atoms with Crippen LogP contribution in [0.15, 0.2) is 78.9 Å². The van der Waals surface area contributed by atoms with Crippen LogP contribution in [-0.4, -0.2) is 20.7 Å². The zero-order chi connectivity index (χ0) is 19.5. The van der Waals surface area contributed by atoms with Crippen molar-refractivity contribution < 1.29 is 4.79 Å². The Morgan fingerprint density at radius 1 is 0.929 bits per heavy atom. The monoisotopic (exact) mass is 369 g/mol. The van der Waals surface area contributed by atoms with Crippen LogP contribution in [0.4, 0.5) is 17.6 Å². The predicted molar refractivity (Wildman–Crippen MR) is 111 cm³/mol. The lowest BCUT2D eigenvalue weighted by Crippen LogP contribution is -2.16. The average molecular weight is 369 g/mol. The summed E-state index contributed by atoms with van der Waals surface area (Å²) < 4.78 is 1.19. The van der Waals surface area contributed by atoms with Gasteiger partial charge >= 0.3 is 0 Å². The van der Waals surface area contributed by atoms with Gasteiger partial charge in [0.1, 0.15) is 0 Å². The molecule has 0 atom stereocenters. The first-order chi connectivity index (χ1) is 13.6. The molecule has 0 aliphatic carbocycles. The summed E-state index contributed by atoms with van der Waals surface area (Å²) in [5.41, 5.74) is 10.2. The number of carbonyl (C=O) groups is 1. The number of aryl methyl sites for hydroxylation is 1. The molecule has 0 fully saturated rings. The summed E-state index contributed by atoms with van der Waals surface area (Å²) in [6, 6.07) is 25.1. The van der Waals surface area contributed by atoms with Crippen molar-refractivity contribution >= 4 is 23.5 Å². The van der Waals surface area contributed by atoms with Gasteiger partial charge in [-0.2, -0.15) is 9.67 Å². The summed E-state index contributed by atoms with van der Waals surface area (Å²) in [5.74, 6) is -0.00441. The summed E-state index contributed by atoms with van der Waals surface area (Å²) in [6.07, 6.45) is 0. The van der Waals surface area contributed by atoms with E-state index in [1.54, 1.807) is 6.07 Å². The van der Waals surface area contributed by atoms with E-state index in [4.69, 9.17) is 5.73 Å². The number of hydrogen-bond donors (Lipinski definition) is 2. The van der Waals surface area contributed by atoms with Crippen molar-refractivity contribution in [1.82, 2.24) is 14.8 Å². The van der Waals surface area contributed by atoms with Gasteiger partial charge in [0.05, 0.1) is 0 Å². The van der Waals surface area contributed by atoms with Crippen LogP contribution >= 0.6 is 0 Å². The molecule has 0 saturated carbocycles. The van der Waals surface area contributed by atoms with Gasteiger partial charge in [0.15, 0.2) is 0 Å². The summed E-state index contributed by atoms with van der Waals surface area (Å²) in [6.45, 7) is 2.01. The van der Waals surface area contributed by atoms with Crippen LogP contribution in [0, 0.1) is 6.92 Å². The molecular formula is C22H19N5O. The molecule has 138 valence electrons. The van der Waals surface area contributed by atoms with Crippen molar-refractivity contribution in [3.05, 3.63) is 90.0 Å². The van der Waals surface area contributed by atoms with Crippen LogP contribution in [0.25, 0.3) is 11.1 Å². The number of carbonyl (C=O) groups excluding carboxylic acids is 1. The minimum absolute atomic E-state index is 0.0298. The van der Waals surface area contributed by atoms with E-state index in [-0.39, 0.29) is 17.8 Å². The SMILES string of the molecule is Cc1ccc(Nc2nc(N)nn2C(=O)c2cccc(-c3ccccc3)c2)cc1. The molecule has 6 heteroatoms. The number of aromatic nitrogens is 3. The second-order valence-corrected chi connectivity index (χ2v) is 6.45. The van der Waals surface area contributed by atoms with E-state index >= 15 is 0 Å². The Morgan fingerprint density at radius 3 is 2.39 bits per heavy atom. The highest BCUT2D eigenvalue weighted by Crippen LogP contribution is 2.22. The van der Waals surface area contributed by atoms with Crippen molar-refractivity contribution in [2.24, 2.45) is 0 Å². The average Bonchev–Trinajstić information content (AvgIpc) is 3.10. The minimum atomic E-state index is -0.309. The van der Waals surface area contributed by atoms with Gasteiger partial charge < -0.3 is 11.1 Å². The van der Waals surface area contributed by atoms with Gasteiger partial charge in [-0.05, 0) is 42.3 Å². The number of nitrogens with zero attached hydrogens (tertiary/aromatic N) is 3. The fourth-order valence-electron chi connectivity index (χ4n) is 2.90. The molecule has 28 heavy (non-hydrogen) atoms. The van der Waals surface area contributed by atoms with Gasteiger partial charge in [-0.3, -0.25) is 4.79 Å². The molecule has 4 aromatic rings. The maximum absolute atomic E-state index is 13.1. The lowest BCUT2D eigenvalue weighted by atomic mass is 10.0. The van der Waals surface area contributed by atoms with Crippen molar-refractivity contribution in [3.8, 4) is 11.1 Å². The van der Waals surface area contributed by atoms with Gasteiger partial charge in [0.25, 0.3) is 5.91 Å². The Bertz CT molecular complexity index is 1120. The Balaban J connectivity index is 1.66. The topological polar surface area (TPSA) is 85.8 Å². The van der Waals surface area contributed by atoms with Crippen LogP contribution in [0.5, 0.6) is 0 Å². The highest BCUT2D eigenvalue weighted by molar-refractivity contribution is 5.98. The summed E-state index contributed by atoms with van der Waals surface area (Å²) in [4.78, 5) is 17.2. The third kappa shape index (κ3) is 3.61. The first kappa shape index (κ1) is 17.5. The van der Waals surface area contributed by atoms with Gasteiger partial charge in [-0.15, -0.1) is 5.10 Å². The number of nitrogen functional groups attached to an aromatic ring is 1. The fraction of sp³-hybridized carbons (Fsp3) is 0.0455. The van der Waals surface area contributed by atoms with E-state index in [1.165, 1.54) is 4.68 Å². The Hall–Kier alpha value is -3.93. The standard InChI is InChI=1S/C22H19N5O/c1-15-10-12-19(13-11-15)24-22-25-21(23)26-27(22)20(28)18-9-5-8-17(14-18)16-6-3-2-4-7-16/h2-14H,1H3,(H3,23,24,25,26). The molecule has 6 nitrogen and oxygen atoms in total. The molecular weight excluding hydrogens is 350 g/mol. The van der Waals surface area contributed by atoms with Crippen molar-refractivity contribution in [2.75, 3.05) is 11.1 Å². The molecule has 0 amide bonds. The van der Waals surface area contributed by atoms with Gasteiger partial charge in [-0.25, -0.2) is 0 Å². The van der Waals surface area contributed by atoms with Gasteiger partial charge in [0.2, 0.25) is 11.9 Å². The maximum atomic E-state index is 13.1. The van der Waals surface area contributed by atoms with Crippen LogP contribution in [0.2, 0.25) is 0 Å². The normalized spacial score (nSPS) is 10.6. The molecule has 0 spiro atoms. The summed E-state index contributed by atoms with van der Waals surface area (Å²) in [5, 5.41) is 7.18. The molecule has 0 radical (unpaired) electrons. The molecule has 0 saturated heterocycles. The summed E-state index contributed by atoms with van der Waals surface area (Å²) in [7, 11) is 0. The second-order valence-electron chi connectivity index (χ2n) is 6.45. The van der Waals surface area contributed by atoms with E-state index in [0.717, 1.165) is 22.4 Å². The van der Waals surface area contributed by atoms with E-state index in [0.29, 0.717) is 5.56 Å². The quantitative estimate of drug-likeness (QED) is 0.561. The minimum Gasteiger partial charge on any atom is -0.366 e. The largest absolute Gasteiger partial charge is 0.366 e. The molecule has 3 N–H and O–H groups in total. The Kier molecular flexibility index (Phi) is 4.60. The van der Waals surface area contributed by atoms with Crippen LogP contribution in [0.1, 0.15) is 15.9 Å². The number of benzene rings is 3. The third-order valence-corrected chi connectivity index (χ3v) is 4.34. The maximum Gasteiger partial charge on any atom is 0.281 e. The van der Waals surface area contributed by atoms with Crippen LogP contribution in [0.3, 0.4) is 0 Å². The lowest BCUT2D eigenvalue weighted by Gasteiger charge is -2.09. The number of hydrogen-bond acceptors (Lipinski definition) is 5. The first-order valence-electron chi connectivity index (χ1n) is 8.86. The molecule has 0 bridgehead atoms. The van der Waals surface area contributed by atoms with Crippen molar-refractivity contribution in [2.45, 2.75) is 6.92 Å². The highest BCUT2D eigenvalue weighted by Gasteiger charge is 2.17. The lowest BCUT2D eigenvalue weighted by molar-refractivity contribution is 0.0948. The highest BCUT2D eigenvalue weighted by atomic mass is 16.2. The molecule has 0 aliphatic rings. The molecule has 1 heterocycles. The Morgan fingerprint density at radius 2 is 1.64 bits per heavy atom. The van der Waals surface area contributed by atoms with E-state index < -0.39 is 0 Å². The molecule has 0 unspecified atom stereocenters. The zero-order valence-corrected chi connectivity index (χ0v) is 15.3. The number of rotatable bonds is 4. The zero-order valence-electron chi connectivity index (χ0n) is 15.3. The van der Waals surface area contributed by atoms with E-state index in [9.17, 15) is 4.79 Å². The molecule has 0 aliphatic heterocycles. The molecule has 3 aromatic carbocycles. The fourth-order valence-corrected chi connectivity index (χ4v) is 2.90. The van der Waals surface area contributed by atoms with Crippen molar-refractivity contribution in [1.29, 1.82) is 0 Å². The third-order valence-electron chi connectivity index (χ3n) is 4.34. The van der Waals surface area contributed by atoms with Crippen LogP contribution in [-0.2, 0) is 0 Å². The van der Waals surface area contributed by atoms with Crippen molar-refractivity contribution in [3.63, 3.8) is 0 Å². The van der Waals surface area contributed by atoms with E-state index in [1.807, 2.05) is 79.7 Å². The molecule has 1 aromatic heterocycles. The number of nitrogens with two attached hydrogens (primary N) is 1. The second kappa shape index (κ2) is 7.36. The summed E-state index contributed by atoms with van der Waals surface area (Å²) >= 11 is 0. The number of nitrogens with one attached hydrogen (secondary N) is 1. The van der Waals surface area contributed by atoms with Crippen LogP contribution < -0.4 is 11.1 Å². The number of anilines is 3. The van der Waals surface area contributed by atoms with Gasteiger partial charge in [0, 0.05) is 11.3 Å². The first-order valence-corrected chi connectivity index (χ1v) is 8.86. The molecule has 4 rings (SSSR count). The van der Waals surface area contributed by atoms with E-state index in [2.05, 4.69) is 15.4 Å². The smallest absolute Gasteiger partial charge is 0.281 e. The van der Waals surface area contributed by atoms with Gasteiger partial charge in [-0.1, -0.05) is 60.2 Å².